The number of H-pyrrole nitrogens is 1. The van der Waals surface area contributed by atoms with E-state index in [1.54, 1.807) is 12.1 Å². The molecule has 0 spiro atoms. The second kappa shape index (κ2) is 3.51. The minimum Gasteiger partial charge on any atom is -0.331 e. The highest BCUT2D eigenvalue weighted by atomic mass is 35.5. The predicted octanol–water partition coefficient (Wildman–Crippen LogP) is 4.40. The van der Waals surface area contributed by atoms with Crippen LogP contribution < -0.4 is 0 Å². The van der Waals surface area contributed by atoms with Gasteiger partial charge in [0.2, 0.25) is 0 Å². The van der Waals surface area contributed by atoms with Crippen LogP contribution in [0.25, 0.3) is 11.0 Å². The third-order valence-corrected chi connectivity index (χ3v) is 3.84. The number of alkyl halides is 3. The molecule has 0 saturated heterocycles. The van der Waals surface area contributed by atoms with Crippen molar-refractivity contribution >= 4 is 34.9 Å². The quantitative estimate of drug-likeness (QED) is 0.773. The summed E-state index contributed by atoms with van der Waals surface area (Å²) in [5.74, 6) is 0. The Morgan fingerprint density at radius 1 is 1.33 bits per heavy atom. The van der Waals surface area contributed by atoms with Crippen LogP contribution in [-0.2, 0) is 5.54 Å². The van der Waals surface area contributed by atoms with Gasteiger partial charge in [-0.15, -0.1) is 0 Å². The van der Waals surface area contributed by atoms with Crippen molar-refractivity contribution in [2.75, 3.05) is 0 Å². The average molecular weight is 293 g/mol. The van der Waals surface area contributed by atoms with Crippen molar-refractivity contribution < 1.29 is 13.2 Å². The zero-order valence-corrected chi connectivity index (χ0v) is 10.6. The molecule has 1 N–H and O–H groups in total. The molecular weight excluding hydrogens is 285 g/mol. The largest absolute Gasteiger partial charge is 0.412 e. The van der Waals surface area contributed by atoms with Crippen LogP contribution in [0.4, 0.5) is 13.2 Å². The summed E-state index contributed by atoms with van der Waals surface area (Å²) >= 11 is 10.9. The molecule has 0 aliphatic heterocycles. The summed E-state index contributed by atoms with van der Waals surface area (Å²) in [6, 6.07) is 4.76. The molecule has 7 heteroatoms. The van der Waals surface area contributed by atoms with E-state index in [9.17, 15) is 13.2 Å². The Bertz CT molecular complexity index is 682. The number of nitrogens with zero attached hydrogens (tertiary/aromatic N) is 1. The molecule has 0 unspecified atom stereocenters. The first-order valence-corrected chi connectivity index (χ1v) is 6.11. The van der Waals surface area contributed by atoms with Crippen molar-refractivity contribution in [1.82, 2.24) is 9.55 Å². The number of imidazole rings is 1. The Hall–Kier alpha value is -1.01. The van der Waals surface area contributed by atoms with Crippen LogP contribution in [0.2, 0.25) is 5.02 Å². The van der Waals surface area contributed by atoms with Crippen LogP contribution in [-0.4, -0.2) is 15.7 Å². The minimum atomic E-state index is -4.30. The summed E-state index contributed by atoms with van der Waals surface area (Å²) in [4.78, 5) is 2.79. The van der Waals surface area contributed by atoms with Gasteiger partial charge in [-0.3, -0.25) is 0 Å². The summed E-state index contributed by atoms with van der Waals surface area (Å²) in [6.07, 6.45) is -4.18. The first-order chi connectivity index (χ1) is 8.35. The van der Waals surface area contributed by atoms with Gasteiger partial charge in [0, 0.05) is 5.02 Å². The van der Waals surface area contributed by atoms with Gasteiger partial charge in [0.25, 0.3) is 0 Å². The highest BCUT2D eigenvalue weighted by molar-refractivity contribution is 7.71. The van der Waals surface area contributed by atoms with Crippen LogP contribution in [0, 0.1) is 4.77 Å². The van der Waals surface area contributed by atoms with Gasteiger partial charge in [0.1, 0.15) is 5.54 Å². The van der Waals surface area contributed by atoms with E-state index < -0.39 is 11.7 Å². The molecule has 2 aromatic rings. The summed E-state index contributed by atoms with van der Waals surface area (Å²) in [5.41, 5.74) is -0.880. The maximum absolute atomic E-state index is 13.2. The maximum Gasteiger partial charge on any atom is 0.412 e. The molecule has 2 nitrogen and oxygen atoms in total. The number of halogens is 4. The van der Waals surface area contributed by atoms with Gasteiger partial charge in [-0.05, 0) is 43.3 Å². The number of aromatic nitrogens is 2. The molecule has 0 bridgehead atoms. The third kappa shape index (κ3) is 1.52. The van der Waals surface area contributed by atoms with E-state index in [4.69, 9.17) is 23.8 Å². The fourth-order valence-electron chi connectivity index (χ4n) is 2.25. The number of aromatic amines is 1. The summed E-state index contributed by atoms with van der Waals surface area (Å²) in [5, 5.41) is 0.392. The van der Waals surface area contributed by atoms with E-state index in [2.05, 4.69) is 4.98 Å². The molecule has 3 rings (SSSR count). The minimum absolute atomic E-state index is 0.0598. The van der Waals surface area contributed by atoms with E-state index in [1.807, 2.05) is 0 Å². The van der Waals surface area contributed by atoms with Crippen LogP contribution in [0.3, 0.4) is 0 Å². The monoisotopic (exact) mass is 292 g/mol. The molecule has 1 aromatic carbocycles. The lowest BCUT2D eigenvalue weighted by molar-refractivity contribution is -0.179. The molecule has 96 valence electrons. The van der Waals surface area contributed by atoms with Crippen molar-refractivity contribution in [2.45, 2.75) is 24.6 Å². The number of benzene rings is 1. The van der Waals surface area contributed by atoms with Crippen LogP contribution in [0.1, 0.15) is 12.8 Å². The third-order valence-electron chi connectivity index (χ3n) is 3.32. The predicted molar refractivity (Wildman–Crippen MR) is 65.4 cm³/mol. The molecule has 0 radical (unpaired) electrons. The fourth-order valence-corrected chi connectivity index (χ4v) is 2.80. The SMILES string of the molecule is FC(F)(F)C1(n2c(=S)[nH]c3ccc(Cl)cc32)CC1. The number of hydrogen-bond donors (Lipinski definition) is 1. The van der Waals surface area contributed by atoms with Gasteiger partial charge in [0.15, 0.2) is 4.77 Å². The van der Waals surface area contributed by atoms with E-state index in [1.165, 1.54) is 6.07 Å². The molecule has 1 aromatic heterocycles. The van der Waals surface area contributed by atoms with Gasteiger partial charge in [-0.25, -0.2) is 0 Å². The summed E-state index contributed by atoms with van der Waals surface area (Å²) in [7, 11) is 0. The lowest BCUT2D eigenvalue weighted by atomic mass is 10.2. The maximum atomic E-state index is 13.2. The molecule has 1 aliphatic rings. The van der Waals surface area contributed by atoms with Crippen molar-refractivity contribution in [1.29, 1.82) is 0 Å². The first-order valence-electron chi connectivity index (χ1n) is 5.33. The lowest BCUT2D eigenvalue weighted by Gasteiger charge is -2.21. The Morgan fingerprint density at radius 3 is 2.56 bits per heavy atom. The molecule has 1 fully saturated rings. The van der Waals surface area contributed by atoms with Gasteiger partial charge in [0.05, 0.1) is 11.0 Å². The Kier molecular flexibility index (Phi) is 2.35. The highest BCUT2D eigenvalue weighted by Gasteiger charge is 2.65. The Balaban J connectivity index is 2.33. The van der Waals surface area contributed by atoms with Gasteiger partial charge in [-0.2, -0.15) is 13.2 Å². The molecule has 0 atom stereocenters. The average Bonchev–Trinajstić information content (AvgIpc) is 2.98. The molecule has 18 heavy (non-hydrogen) atoms. The van der Waals surface area contributed by atoms with Crippen LogP contribution in [0.15, 0.2) is 18.2 Å². The molecule has 1 heterocycles. The van der Waals surface area contributed by atoms with E-state index in [-0.39, 0.29) is 17.6 Å². The number of nitrogens with one attached hydrogen (secondary N) is 1. The highest BCUT2D eigenvalue weighted by Crippen LogP contribution is 2.56. The first kappa shape index (κ1) is 12.0. The fraction of sp³-hybridized carbons (Fsp3) is 0.364. The zero-order chi connectivity index (χ0) is 13.1. The van der Waals surface area contributed by atoms with Crippen molar-refractivity contribution in [2.24, 2.45) is 0 Å². The van der Waals surface area contributed by atoms with E-state index in [0.717, 1.165) is 4.57 Å². The normalized spacial score (nSPS) is 18.2. The zero-order valence-electron chi connectivity index (χ0n) is 9.01. The number of fused-ring (bicyclic) bond motifs is 1. The second-order valence-corrected chi connectivity index (χ2v) is 5.28. The second-order valence-electron chi connectivity index (χ2n) is 4.46. The molecular formula is C11H8ClF3N2S. The number of rotatable bonds is 1. The van der Waals surface area contributed by atoms with Gasteiger partial charge < -0.3 is 9.55 Å². The summed E-state index contributed by atoms with van der Waals surface area (Å²) in [6.45, 7) is 0. The number of hydrogen-bond acceptors (Lipinski definition) is 1. The smallest absolute Gasteiger partial charge is 0.331 e. The Labute approximate surface area is 110 Å². The molecule has 0 amide bonds. The molecule has 1 saturated carbocycles. The summed E-state index contributed by atoms with van der Waals surface area (Å²) < 4.78 is 40.7. The van der Waals surface area contributed by atoms with E-state index in [0.29, 0.717) is 16.1 Å². The topological polar surface area (TPSA) is 20.7 Å². The van der Waals surface area contributed by atoms with E-state index >= 15 is 0 Å². The van der Waals surface area contributed by atoms with Crippen LogP contribution >= 0.6 is 23.8 Å². The van der Waals surface area contributed by atoms with Gasteiger partial charge in [-0.1, -0.05) is 11.6 Å². The lowest BCUT2D eigenvalue weighted by Crippen LogP contribution is -2.34. The van der Waals surface area contributed by atoms with Crippen molar-refractivity contribution in [3.05, 3.63) is 28.0 Å². The van der Waals surface area contributed by atoms with Crippen molar-refractivity contribution in [3.63, 3.8) is 0 Å². The van der Waals surface area contributed by atoms with Gasteiger partial charge >= 0.3 is 6.18 Å². The standard InChI is InChI=1S/C11H8ClF3N2S/c12-6-1-2-7-8(5-6)17(9(18)16-7)10(3-4-10)11(13,14)15/h1-2,5H,3-4H2,(H,16,18). The molecule has 1 aliphatic carbocycles. The Morgan fingerprint density at radius 2 is 2.00 bits per heavy atom. The van der Waals surface area contributed by atoms with Crippen molar-refractivity contribution in [3.8, 4) is 0 Å². The van der Waals surface area contributed by atoms with Crippen LogP contribution in [0.5, 0.6) is 0 Å².